The van der Waals surface area contributed by atoms with Crippen LogP contribution < -0.4 is 5.32 Å². The van der Waals surface area contributed by atoms with Crippen LogP contribution in [-0.4, -0.2) is 13.0 Å². The molecule has 0 radical (unpaired) electrons. The topological polar surface area (TPSA) is 52.9 Å². The third kappa shape index (κ3) is 2.76. The van der Waals surface area contributed by atoms with E-state index in [2.05, 4.69) is 11.4 Å². The van der Waals surface area contributed by atoms with E-state index in [4.69, 9.17) is 5.26 Å². The number of hydrogen-bond donors (Lipinski definition) is 1. The standard InChI is InChI=1S/C14H12N2OS/c1-16-14(17)8-10-2-4-11(5-3-10)13-7-6-12(9-15)18-13/h2-7H,8H2,1H3,(H,16,17). The number of nitrogens with one attached hydrogen (secondary N) is 1. The lowest BCUT2D eigenvalue weighted by atomic mass is 10.1. The molecule has 1 aromatic heterocycles. The third-order valence-corrected chi connectivity index (χ3v) is 3.64. The molecule has 0 unspecified atom stereocenters. The van der Waals surface area contributed by atoms with Crippen molar-refractivity contribution in [1.29, 1.82) is 5.26 Å². The van der Waals surface area contributed by atoms with Gasteiger partial charge in [0.15, 0.2) is 0 Å². The van der Waals surface area contributed by atoms with Gasteiger partial charge >= 0.3 is 0 Å². The van der Waals surface area contributed by atoms with Crippen LogP contribution in [0.5, 0.6) is 0 Å². The molecule has 1 amide bonds. The van der Waals surface area contributed by atoms with E-state index < -0.39 is 0 Å². The van der Waals surface area contributed by atoms with Crippen molar-refractivity contribution in [2.24, 2.45) is 0 Å². The molecule has 0 fully saturated rings. The van der Waals surface area contributed by atoms with E-state index in [1.165, 1.54) is 11.3 Å². The Morgan fingerprint density at radius 1 is 1.28 bits per heavy atom. The number of carbonyl (C=O) groups is 1. The quantitative estimate of drug-likeness (QED) is 0.917. The summed E-state index contributed by atoms with van der Waals surface area (Å²) >= 11 is 1.47. The summed E-state index contributed by atoms with van der Waals surface area (Å²) < 4.78 is 0. The molecule has 1 heterocycles. The minimum atomic E-state index is 0.00522. The first-order valence-corrected chi connectivity index (χ1v) is 6.34. The fourth-order valence-corrected chi connectivity index (χ4v) is 2.42. The normalized spacial score (nSPS) is 9.78. The molecular weight excluding hydrogens is 244 g/mol. The summed E-state index contributed by atoms with van der Waals surface area (Å²) in [5.74, 6) is 0.00522. The Hall–Kier alpha value is -2.12. The maximum Gasteiger partial charge on any atom is 0.224 e. The van der Waals surface area contributed by atoms with Gasteiger partial charge in [0, 0.05) is 11.9 Å². The lowest BCUT2D eigenvalue weighted by Crippen LogP contribution is -2.19. The number of nitrogens with zero attached hydrogens (tertiary/aromatic N) is 1. The lowest BCUT2D eigenvalue weighted by molar-refractivity contribution is -0.119. The molecule has 90 valence electrons. The fraction of sp³-hybridized carbons (Fsp3) is 0.143. The van der Waals surface area contributed by atoms with Crippen molar-refractivity contribution in [2.75, 3.05) is 7.05 Å². The van der Waals surface area contributed by atoms with Gasteiger partial charge in [-0.3, -0.25) is 4.79 Å². The number of nitriles is 1. The highest BCUT2D eigenvalue weighted by Crippen LogP contribution is 2.27. The molecule has 0 saturated heterocycles. The van der Waals surface area contributed by atoms with Crippen LogP contribution in [0.25, 0.3) is 10.4 Å². The highest BCUT2D eigenvalue weighted by atomic mass is 32.1. The Morgan fingerprint density at radius 2 is 2.00 bits per heavy atom. The monoisotopic (exact) mass is 256 g/mol. The summed E-state index contributed by atoms with van der Waals surface area (Å²) in [5, 5.41) is 11.4. The van der Waals surface area contributed by atoms with Crippen molar-refractivity contribution in [3.63, 3.8) is 0 Å². The summed E-state index contributed by atoms with van der Waals surface area (Å²) in [6, 6.07) is 13.7. The molecule has 1 N–H and O–H groups in total. The second kappa shape index (κ2) is 5.48. The van der Waals surface area contributed by atoms with E-state index in [0.717, 1.165) is 16.0 Å². The SMILES string of the molecule is CNC(=O)Cc1ccc(-c2ccc(C#N)s2)cc1. The molecule has 18 heavy (non-hydrogen) atoms. The summed E-state index contributed by atoms with van der Waals surface area (Å²) in [7, 11) is 1.63. The molecule has 1 aromatic carbocycles. The van der Waals surface area contributed by atoms with E-state index in [-0.39, 0.29) is 5.91 Å². The van der Waals surface area contributed by atoms with Gasteiger partial charge in [-0.05, 0) is 23.3 Å². The number of likely N-dealkylation sites (N-methyl/N-ethyl adjacent to an activating group) is 1. The van der Waals surface area contributed by atoms with Crippen molar-refractivity contribution in [2.45, 2.75) is 6.42 Å². The van der Waals surface area contributed by atoms with E-state index in [9.17, 15) is 4.79 Å². The first kappa shape index (κ1) is 12.3. The molecule has 0 spiro atoms. The van der Waals surface area contributed by atoms with Crippen LogP contribution in [-0.2, 0) is 11.2 Å². The van der Waals surface area contributed by atoms with E-state index in [0.29, 0.717) is 11.3 Å². The van der Waals surface area contributed by atoms with Gasteiger partial charge in [0.1, 0.15) is 10.9 Å². The summed E-state index contributed by atoms with van der Waals surface area (Å²) in [4.78, 5) is 13.0. The number of benzene rings is 1. The predicted octanol–water partition coefficient (Wildman–Crippen LogP) is 2.58. The van der Waals surface area contributed by atoms with Crippen LogP contribution >= 0.6 is 11.3 Å². The van der Waals surface area contributed by atoms with Crippen LogP contribution in [0.3, 0.4) is 0 Å². The Morgan fingerprint density at radius 3 is 2.56 bits per heavy atom. The number of rotatable bonds is 3. The summed E-state index contributed by atoms with van der Waals surface area (Å²) in [6.07, 6.45) is 0.394. The highest BCUT2D eigenvalue weighted by Gasteiger charge is 2.04. The minimum Gasteiger partial charge on any atom is -0.359 e. The molecule has 2 aromatic rings. The second-order valence-corrected chi connectivity index (χ2v) is 4.91. The molecule has 0 atom stereocenters. The first-order chi connectivity index (χ1) is 8.72. The zero-order valence-electron chi connectivity index (χ0n) is 9.93. The van der Waals surface area contributed by atoms with Gasteiger partial charge in [-0.25, -0.2) is 0 Å². The molecule has 3 nitrogen and oxygen atoms in total. The first-order valence-electron chi connectivity index (χ1n) is 5.53. The fourth-order valence-electron chi connectivity index (χ4n) is 1.61. The Bertz CT molecular complexity index is 593. The minimum absolute atomic E-state index is 0.00522. The van der Waals surface area contributed by atoms with E-state index >= 15 is 0 Å². The predicted molar refractivity (Wildman–Crippen MR) is 72.2 cm³/mol. The van der Waals surface area contributed by atoms with Crippen LogP contribution in [0.4, 0.5) is 0 Å². The Kier molecular flexibility index (Phi) is 3.75. The molecule has 0 aliphatic heterocycles. The van der Waals surface area contributed by atoms with Gasteiger partial charge in [0.05, 0.1) is 6.42 Å². The van der Waals surface area contributed by atoms with Crippen molar-refractivity contribution in [3.05, 3.63) is 46.8 Å². The summed E-state index contributed by atoms with van der Waals surface area (Å²) in [6.45, 7) is 0. The Labute approximate surface area is 110 Å². The zero-order valence-corrected chi connectivity index (χ0v) is 10.8. The maximum atomic E-state index is 11.2. The summed E-state index contributed by atoms with van der Waals surface area (Å²) in [5.41, 5.74) is 2.05. The molecule has 0 aliphatic carbocycles. The average molecular weight is 256 g/mol. The molecule has 0 saturated carbocycles. The van der Waals surface area contributed by atoms with Gasteiger partial charge in [0.2, 0.25) is 5.91 Å². The average Bonchev–Trinajstić information content (AvgIpc) is 2.88. The molecule has 0 aliphatic rings. The molecular formula is C14H12N2OS. The lowest BCUT2D eigenvalue weighted by Gasteiger charge is -2.02. The number of thiophene rings is 1. The van der Waals surface area contributed by atoms with Crippen molar-refractivity contribution in [3.8, 4) is 16.5 Å². The van der Waals surface area contributed by atoms with Crippen LogP contribution in [0.15, 0.2) is 36.4 Å². The number of carbonyl (C=O) groups excluding carboxylic acids is 1. The largest absolute Gasteiger partial charge is 0.359 e. The van der Waals surface area contributed by atoms with Gasteiger partial charge in [-0.1, -0.05) is 24.3 Å². The van der Waals surface area contributed by atoms with Crippen LogP contribution in [0.1, 0.15) is 10.4 Å². The maximum absolute atomic E-state index is 11.2. The van der Waals surface area contributed by atoms with Gasteiger partial charge in [-0.15, -0.1) is 11.3 Å². The van der Waals surface area contributed by atoms with E-state index in [1.54, 1.807) is 7.05 Å². The third-order valence-electron chi connectivity index (χ3n) is 2.60. The van der Waals surface area contributed by atoms with Gasteiger partial charge in [-0.2, -0.15) is 5.26 Å². The van der Waals surface area contributed by atoms with Crippen molar-refractivity contribution in [1.82, 2.24) is 5.32 Å². The smallest absolute Gasteiger partial charge is 0.224 e. The Balaban J connectivity index is 2.17. The molecule has 0 bridgehead atoms. The van der Waals surface area contributed by atoms with Crippen LogP contribution in [0.2, 0.25) is 0 Å². The second-order valence-electron chi connectivity index (χ2n) is 3.82. The van der Waals surface area contributed by atoms with Gasteiger partial charge < -0.3 is 5.32 Å². The van der Waals surface area contributed by atoms with Gasteiger partial charge in [0.25, 0.3) is 0 Å². The zero-order chi connectivity index (χ0) is 13.0. The molecule has 4 heteroatoms. The van der Waals surface area contributed by atoms with Crippen LogP contribution in [0, 0.1) is 11.3 Å². The van der Waals surface area contributed by atoms with E-state index in [1.807, 2.05) is 36.4 Å². The molecule has 2 rings (SSSR count). The highest BCUT2D eigenvalue weighted by molar-refractivity contribution is 7.16. The number of hydrogen-bond acceptors (Lipinski definition) is 3. The van der Waals surface area contributed by atoms with Crippen molar-refractivity contribution < 1.29 is 4.79 Å². The van der Waals surface area contributed by atoms with Crippen molar-refractivity contribution >= 4 is 17.2 Å². The number of amides is 1.